The molecule has 0 aliphatic carbocycles. The smallest absolute Gasteiger partial charge is 0.432 e. The van der Waals surface area contributed by atoms with Crippen LogP contribution in [0.25, 0.3) is 0 Å². The molecule has 0 spiro atoms. The second-order valence-corrected chi connectivity index (χ2v) is 5.14. The molecule has 108 valence electrons. The number of carbonyl (C=O) groups is 1. The zero-order valence-corrected chi connectivity index (χ0v) is 12.2. The Morgan fingerprint density at radius 1 is 1.28 bits per heavy atom. The van der Waals surface area contributed by atoms with Crippen molar-refractivity contribution < 1.29 is 24.3 Å². The summed E-state index contributed by atoms with van der Waals surface area (Å²) >= 11 is 0. The fourth-order valence-electron chi connectivity index (χ4n) is 1.35. The van der Waals surface area contributed by atoms with Gasteiger partial charge in [-0.15, -0.1) is 0 Å². The van der Waals surface area contributed by atoms with Crippen molar-refractivity contribution in [3.8, 4) is 0 Å². The van der Waals surface area contributed by atoms with E-state index in [2.05, 4.69) is 23.8 Å². The zero-order valence-electron chi connectivity index (χ0n) is 12.2. The number of carbonyl (C=O) groups excluding carboxylic acids is 1. The molecule has 0 bridgehead atoms. The van der Waals surface area contributed by atoms with E-state index in [1.54, 1.807) is 0 Å². The Bertz CT molecular complexity index is 227. The lowest BCUT2D eigenvalue weighted by Gasteiger charge is -2.20. The van der Waals surface area contributed by atoms with Crippen molar-refractivity contribution in [2.75, 3.05) is 6.61 Å². The molecule has 0 aromatic heterocycles. The SMILES string of the molecule is CCCC(C)(C)OOOC(=O)OCCC(C)CC. The molecule has 0 radical (unpaired) electrons. The van der Waals surface area contributed by atoms with Gasteiger partial charge in [-0.05, 0) is 37.6 Å². The summed E-state index contributed by atoms with van der Waals surface area (Å²) in [4.78, 5) is 20.4. The van der Waals surface area contributed by atoms with Crippen molar-refractivity contribution in [1.82, 2.24) is 0 Å². The van der Waals surface area contributed by atoms with E-state index in [1.165, 1.54) is 0 Å². The van der Waals surface area contributed by atoms with Gasteiger partial charge in [0.15, 0.2) is 0 Å². The van der Waals surface area contributed by atoms with Crippen molar-refractivity contribution in [1.29, 1.82) is 0 Å². The molecule has 18 heavy (non-hydrogen) atoms. The number of hydrogen-bond acceptors (Lipinski definition) is 5. The topological polar surface area (TPSA) is 54.0 Å². The van der Waals surface area contributed by atoms with Crippen LogP contribution in [0.3, 0.4) is 0 Å². The van der Waals surface area contributed by atoms with Crippen molar-refractivity contribution in [3.63, 3.8) is 0 Å². The molecule has 5 heteroatoms. The van der Waals surface area contributed by atoms with Gasteiger partial charge in [0, 0.05) is 0 Å². The first-order valence-corrected chi connectivity index (χ1v) is 6.60. The van der Waals surface area contributed by atoms with Crippen LogP contribution in [-0.4, -0.2) is 18.4 Å². The summed E-state index contributed by atoms with van der Waals surface area (Å²) in [6.45, 7) is 10.3. The van der Waals surface area contributed by atoms with Gasteiger partial charge in [0.2, 0.25) is 0 Å². The average molecular weight is 262 g/mol. The van der Waals surface area contributed by atoms with Gasteiger partial charge in [-0.2, -0.15) is 4.89 Å². The van der Waals surface area contributed by atoms with E-state index < -0.39 is 11.8 Å². The number of rotatable bonds is 9. The molecule has 0 aromatic rings. The van der Waals surface area contributed by atoms with E-state index in [4.69, 9.17) is 9.62 Å². The van der Waals surface area contributed by atoms with Gasteiger partial charge in [-0.1, -0.05) is 33.6 Å². The third-order valence-corrected chi connectivity index (χ3v) is 2.74. The van der Waals surface area contributed by atoms with Gasteiger partial charge in [0.05, 0.1) is 6.61 Å². The van der Waals surface area contributed by atoms with Gasteiger partial charge in [0.25, 0.3) is 0 Å². The van der Waals surface area contributed by atoms with Crippen molar-refractivity contribution in [2.45, 2.75) is 65.9 Å². The van der Waals surface area contributed by atoms with Crippen LogP contribution in [0.2, 0.25) is 0 Å². The molecule has 0 rings (SSSR count). The predicted octanol–water partition coefficient (Wildman–Crippen LogP) is 4.02. The summed E-state index contributed by atoms with van der Waals surface area (Å²) < 4.78 is 4.82. The lowest BCUT2D eigenvalue weighted by molar-refractivity contribution is -0.517. The summed E-state index contributed by atoms with van der Waals surface area (Å²) in [6, 6.07) is 0. The first kappa shape index (κ1) is 17.2. The standard InChI is InChI=1S/C13H26O5/c1-6-9-13(4,5)17-18-16-12(14)15-10-8-11(3)7-2/h11H,6-10H2,1-5H3. The van der Waals surface area contributed by atoms with E-state index in [0.29, 0.717) is 12.5 Å². The fraction of sp³-hybridized carbons (Fsp3) is 0.923. The molecule has 5 nitrogen and oxygen atoms in total. The molecule has 0 N–H and O–H groups in total. The molecule has 1 atom stereocenters. The van der Waals surface area contributed by atoms with E-state index in [9.17, 15) is 4.79 Å². The Morgan fingerprint density at radius 3 is 2.50 bits per heavy atom. The highest BCUT2D eigenvalue weighted by Crippen LogP contribution is 2.16. The highest BCUT2D eigenvalue weighted by Gasteiger charge is 2.20. The van der Waals surface area contributed by atoms with Crippen LogP contribution in [0.4, 0.5) is 4.79 Å². The molecule has 1 unspecified atom stereocenters. The molecule has 0 aliphatic heterocycles. The second-order valence-electron chi connectivity index (χ2n) is 5.14. The van der Waals surface area contributed by atoms with Crippen molar-refractivity contribution in [3.05, 3.63) is 0 Å². The van der Waals surface area contributed by atoms with Gasteiger partial charge < -0.3 is 4.74 Å². The highest BCUT2D eigenvalue weighted by atomic mass is 17.5. The summed E-state index contributed by atoms with van der Waals surface area (Å²) in [5, 5.41) is 4.42. The third-order valence-electron chi connectivity index (χ3n) is 2.74. The van der Waals surface area contributed by atoms with Crippen LogP contribution in [0.15, 0.2) is 0 Å². The fourth-order valence-corrected chi connectivity index (χ4v) is 1.35. The molecule has 0 aromatic carbocycles. The first-order valence-electron chi connectivity index (χ1n) is 6.60. The number of hydrogen-bond donors (Lipinski definition) is 0. The van der Waals surface area contributed by atoms with E-state index in [-0.39, 0.29) is 0 Å². The summed E-state index contributed by atoms with van der Waals surface area (Å²) in [5.41, 5.74) is -0.480. The molecule has 0 heterocycles. The predicted molar refractivity (Wildman–Crippen MR) is 67.7 cm³/mol. The van der Waals surface area contributed by atoms with Crippen LogP contribution in [0.5, 0.6) is 0 Å². The third kappa shape index (κ3) is 9.24. The van der Waals surface area contributed by atoms with Gasteiger partial charge >= 0.3 is 6.16 Å². The largest absolute Gasteiger partial charge is 0.542 e. The monoisotopic (exact) mass is 262 g/mol. The van der Waals surface area contributed by atoms with Crippen LogP contribution in [-0.2, 0) is 19.6 Å². The summed E-state index contributed by atoms with van der Waals surface area (Å²) in [6.07, 6.45) is 2.76. The highest BCUT2D eigenvalue weighted by molar-refractivity contribution is 5.58. The van der Waals surface area contributed by atoms with Crippen LogP contribution in [0.1, 0.15) is 60.3 Å². The maximum atomic E-state index is 11.1. The maximum absolute atomic E-state index is 11.1. The van der Waals surface area contributed by atoms with Crippen molar-refractivity contribution >= 4 is 6.16 Å². The average Bonchev–Trinajstić information content (AvgIpc) is 2.28. The Hall–Kier alpha value is -0.810. The molecule has 0 saturated heterocycles. The van der Waals surface area contributed by atoms with E-state index in [0.717, 1.165) is 25.7 Å². The van der Waals surface area contributed by atoms with Crippen molar-refractivity contribution in [2.24, 2.45) is 5.92 Å². The van der Waals surface area contributed by atoms with Crippen LogP contribution < -0.4 is 0 Å². The van der Waals surface area contributed by atoms with Crippen LogP contribution >= 0.6 is 0 Å². The number of ether oxygens (including phenoxy) is 1. The quantitative estimate of drug-likeness (QED) is 0.357. The Kier molecular flexibility index (Phi) is 8.75. The molecular weight excluding hydrogens is 236 g/mol. The molecule has 0 amide bonds. The van der Waals surface area contributed by atoms with Gasteiger partial charge in [-0.3, -0.25) is 0 Å². The Labute approximate surface area is 110 Å². The Balaban J connectivity index is 3.59. The molecule has 0 fully saturated rings. The second kappa shape index (κ2) is 9.16. The first-order chi connectivity index (χ1) is 8.41. The minimum absolute atomic E-state index is 0.329. The zero-order chi connectivity index (χ0) is 14.0. The molecule has 0 aliphatic rings. The van der Waals surface area contributed by atoms with Gasteiger partial charge in [-0.25, -0.2) is 9.68 Å². The van der Waals surface area contributed by atoms with Crippen LogP contribution in [0, 0.1) is 5.92 Å². The lowest BCUT2D eigenvalue weighted by Crippen LogP contribution is -2.25. The minimum Gasteiger partial charge on any atom is -0.432 e. The van der Waals surface area contributed by atoms with Gasteiger partial charge in [0.1, 0.15) is 5.60 Å². The summed E-state index contributed by atoms with van der Waals surface area (Å²) in [7, 11) is 0. The van der Waals surface area contributed by atoms with E-state index in [1.807, 2.05) is 20.8 Å². The lowest BCUT2D eigenvalue weighted by atomic mass is 10.0. The molecular formula is C13H26O5. The maximum Gasteiger partial charge on any atom is 0.542 e. The minimum atomic E-state index is -0.870. The normalized spacial score (nSPS) is 13.2. The summed E-state index contributed by atoms with van der Waals surface area (Å²) in [5.74, 6) is 0.526. The molecule has 0 saturated carbocycles. The Morgan fingerprint density at radius 2 is 1.94 bits per heavy atom. The van der Waals surface area contributed by atoms with E-state index >= 15 is 0 Å².